The quantitative estimate of drug-likeness (QED) is 0.202. The summed E-state index contributed by atoms with van der Waals surface area (Å²) in [6, 6.07) is 0. The number of ketones is 3. The number of allylic oxidation sites excluding steroid dienone is 4. The van der Waals surface area contributed by atoms with E-state index >= 15 is 0 Å². The zero-order valence-electron chi connectivity index (χ0n) is 14.7. The smallest absolute Gasteiger partial charge is 0.194 e. The number of Topliss-reactive ketones (excluding diaryl/α,β-unsaturated/α-hetero) is 2. The Labute approximate surface area is 148 Å². The van der Waals surface area contributed by atoms with E-state index in [0.717, 1.165) is 6.08 Å². The number of nitrogens with one attached hydrogen (secondary N) is 1. The molecule has 1 aliphatic carbocycles. The molecule has 1 aliphatic heterocycles. The van der Waals surface area contributed by atoms with Gasteiger partial charge in [-0.25, -0.2) is 0 Å². The van der Waals surface area contributed by atoms with Crippen LogP contribution in [0.2, 0.25) is 0 Å². The molecule has 1 aromatic carbocycles. The van der Waals surface area contributed by atoms with E-state index in [9.17, 15) is 24.6 Å². The molecule has 1 heterocycles. The molecule has 8 heteroatoms. The lowest BCUT2D eigenvalue weighted by Crippen LogP contribution is -2.41. The summed E-state index contributed by atoms with van der Waals surface area (Å²) in [5.41, 5.74) is 0.723. The maximum atomic E-state index is 13.2. The Morgan fingerprint density at radius 3 is 2.38 bits per heavy atom. The van der Waals surface area contributed by atoms with Crippen molar-refractivity contribution in [3.8, 4) is 17.2 Å². The highest BCUT2D eigenvalue weighted by Gasteiger charge is 2.56. The second-order valence-corrected chi connectivity index (χ2v) is 6.53. The minimum absolute atomic E-state index is 0.0149. The lowest BCUT2D eigenvalue weighted by atomic mass is 9.70. The SMILES string of the molecule is CC(=O)c1c(O)c(C)c(O)c2c1OC1=CC(=O)C(=C(C)NN)C(=O)[C@@]12C. The van der Waals surface area contributed by atoms with E-state index in [1.54, 1.807) is 0 Å². The number of hydrazine groups is 1. The highest BCUT2D eigenvalue weighted by Crippen LogP contribution is 2.57. The second kappa shape index (κ2) is 5.43. The summed E-state index contributed by atoms with van der Waals surface area (Å²) in [6.45, 7) is 5.62. The first-order valence-electron chi connectivity index (χ1n) is 7.83. The van der Waals surface area contributed by atoms with Crippen LogP contribution in [0.1, 0.15) is 42.3 Å². The third-order valence-electron chi connectivity index (χ3n) is 4.98. The Kier molecular flexibility index (Phi) is 3.70. The Balaban J connectivity index is 2.43. The van der Waals surface area contributed by atoms with Crippen LogP contribution in [-0.4, -0.2) is 27.6 Å². The van der Waals surface area contributed by atoms with Gasteiger partial charge >= 0.3 is 0 Å². The first-order valence-corrected chi connectivity index (χ1v) is 7.83. The minimum atomic E-state index is -1.52. The number of rotatable bonds is 2. The van der Waals surface area contributed by atoms with Gasteiger partial charge in [-0.3, -0.25) is 20.2 Å². The van der Waals surface area contributed by atoms with Crippen molar-refractivity contribution < 1.29 is 29.3 Å². The molecule has 5 N–H and O–H groups in total. The largest absolute Gasteiger partial charge is 0.507 e. The van der Waals surface area contributed by atoms with E-state index in [0.29, 0.717) is 0 Å². The van der Waals surface area contributed by atoms with E-state index in [4.69, 9.17) is 10.6 Å². The molecular formula is C18H18N2O6. The molecule has 0 aromatic heterocycles. The van der Waals surface area contributed by atoms with Crippen molar-refractivity contribution in [1.29, 1.82) is 0 Å². The third-order valence-corrected chi connectivity index (χ3v) is 4.98. The van der Waals surface area contributed by atoms with E-state index in [1.807, 2.05) is 0 Å². The molecule has 3 rings (SSSR count). The number of hydrogen-bond donors (Lipinski definition) is 4. The van der Waals surface area contributed by atoms with Crippen molar-refractivity contribution in [1.82, 2.24) is 5.43 Å². The Morgan fingerprint density at radius 1 is 1.23 bits per heavy atom. The second-order valence-electron chi connectivity index (χ2n) is 6.53. The van der Waals surface area contributed by atoms with Crippen LogP contribution in [0.3, 0.4) is 0 Å². The van der Waals surface area contributed by atoms with Crippen LogP contribution >= 0.6 is 0 Å². The average Bonchev–Trinajstić information content (AvgIpc) is 2.86. The minimum Gasteiger partial charge on any atom is -0.507 e. The molecule has 0 fully saturated rings. The summed E-state index contributed by atoms with van der Waals surface area (Å²) in [6.07, 6.45) is 1.13. The number of ether oxygens (including phenoxy) is 1. The van der Waals surface area contributed by atoms with E-state index in [-0.39, 0.29) is 45.2 Å². The molecule has 0 amide bonds. The molecule has 0 saturated carbocycles. The summed E-state index contributed by atoms with van der Waals surface area (Å²) in [4.78, 5) is 37.6. The van der Waals surface area contributed by atoms with E-state index in [2.05, 4.69) is 5.43 Å². The van der Waals surface area contributed by atoms with Crippen molar-refractivity contribution in [2.45, 2.75) is 33.1 Å². The summed E-state index contributed by atoms with van der Waals surface area (Å²) in [5.74, 6) is 2.70. The average molecular weight is 358 g/mol. The summed E-state index contributed by atoms with van der Waals surface area (Å²) >= 11 is 0. The lowest BCUT2D eigenvalue weighted by molar-refractivity contribution is -0.123. The number of carbonyl (C=O) groups excluding carboxylic acids is 3. The van der Waals surface area contributed by atoms with Crippen LogP contribution < -0.4 is 16.0 Å². The predicted molar refractivity (Wildman–Crippen MR) is 90.6 cm³/mol. The van der Waals surface area contributed by atoms with E-state index < -0.39 is 28.5 Å². The number of phenols is 2. The van der Waals surface area contributed by atoms with Crippen molar-refractivity contribution in [2.24, 2.45) is 5.84 Å². The van der Waals surface area contributed by atoms with Gasteiger partial charge in [0, 0.05) is 17.3 Å². The van der Waals surface area contributed by atoms with Crippen LogP contribution in [0.4, 0.5) is 0 Å². The summed E-state index contributed by atoms with van der Waals surface area (Å²) in [7, 11) is 0. The molecule has 1 atom stereocenters. The Bertz CT molecular complexity index is 973. The highest BCUT2D eigenvalue weighted by atomic mass is 16.5. The molecule has 0 radical (unpaired) electrons. The number of carbonyl (C=O) groups is 3. The van der Waals surface area contributed by atoms with Crippen LogP contribution in [0.15, 0.2) is 23.1 Å². The maximum Gasteiger partial charge on any atom is 0.194 e. The number of phenolic OH excluding ortho intramolecular Hbond substituents is 2. The highest BCUT2D eigenvalue weighted by molar-refractivity contribution is 6.31. The normalized spacial score (nSPS) is 23.0. The zero-order chi connectivity index (χ0) is 19.5. The van der Waals surface area contributed by atoms with Gasteiger partial charge in [0.15, 0.2) is 17.3 Å². The van der Waals surface area contributed by atoms with Gasteiger partial charge < -0.3 is 20.4 Å². The van der Waals surface area contributed by atoms with E-state index in [1.165, 1.54) is 27.7 Å². The van der Waals surface area contributed by atoms with Crippen LogP contribution in [0.25, 0.3) is 0 Å². The summed E-state index contributed by atoms with van der Waals surface area (Å²) < 4.78 is 5.63. The van der Waals surface area contributed by atoms with Crippen molar-refractivity contribution in [2.75, 3.05) is 0 Å². The molecule has 0 bridgehead atoms. The fourth-order valence-corrected chi connectivity index (χ4v) is 3.43. The van der Waals surface area contributed by atoms with Gasteiger partial charge in [0.05, 0.1) is 11.1 Å². The molecule has 0 unspecified atom stereocenters. The molecule has 0 saturated heterocycles. The first-order chi connectivity index (χ1) is 12.1. The van der Waals surface area contributed by atoms with Gasteiger partial charge in [-0.1, -0.05) is 0 Å². The van der Waals surface area contributed by atoms with Gasteiger partial charge in [0.1, 0.15) is 34.0 Å². The first kappa shape index (κ1) is 17.7. The molecule has 0 spiro atoms. The number of fused-ring (bicyclic) bond motifs is 3. The zero-order valence-corrected chi connectivity index (χ0v) is 14.7. The third kappa shape index (κ3) is 1.96. The lowest BCUT2D eigenvalue weighted by Gasteiger charge is -2.28. The predicted octanol–water partition coefficient (Wildman–Crippen LogP) is 1.03. The Hall–Kier alpha value is -3.13. The number of aromatic hydroxyl groups is 2. The van der Waals surface area contributed by atoms with Crippen LogP contribution in [0.5, 0.6) is 17.2 Å². The molecule has 8 nitrogen and oxygen atoms in total. The standard InChI is InChI=1S/C18H18N2O6/c1-6-14(23)12(8(3)21)16-13(15(6)24)18(4)10(26-16)5-9(22)11(17(18)25)7(2)20-19/h5,20,23-24H,19H2,1-4H3/t18-/m0/s1. The topological polar surface area (TPSA) is 139 Å². The van der Waals surface area contributed by atoms with Crippen molar-refractivity contribution in [3.05, 3.63) is 39.8 Å². The number of hydrogen-bond acceptors (Lipinski definition) is 8. The van der Waals surface area contributed by atoms with Crippen molar-refractivity contribution >= 4 is 17.3 Å². The molecule has 2 aliphatic rings. The van der Waals surface area contributed by atoms with Crippen LogP contribution in [0, 0.1) is 6.92 Å². The monoisotopic (exact) mass is 358 g/mol. The number of benzene rings is 1. The fraction of sp³-hybridized carbons (Fsp3) is 0.278. The maximum absolute atomic E-state index is 13.2. The molecule has 136 valence electrons. The molecule has 26 heavy (non-hydrogen) atoms. The van der Waals surface area contributed by atoms with Crippen LogP contribution in [-0.2, 0) is 15.0 Å². The van der Waals surface area contributed by atoms with Gasteiger partial charge in [-0.15, -0.1) is 0 Å². The number of nitrogens with two attached hydrogens (primary N) is 1. The van der Waals surface area contributed by atoms with Gasteiger partial charge in [-0.05, 0) is 27.7 Å². The molecular weight excluding hydrogens is 340 g/mol. The van der Waals surface area contributed by atoms with Gasteiger partial charge in [0.25, 0.3) is 0 Å². The van der Waals surface area contributed by atoms with Crippen molar-refractivity contribution in [3.63, 3.8) is 0 Å². The van der Waals surface area contributed by atoms with Gasteiger partial charge in [0.2, 0.25) is 0 Å². The molecule has 1 aromatic rings. The van der Waals surface area contributed by atoms with Gasteiger partial charge in [-0.2, -0.15) is 0 Å². The summed E-state index contributed by atoms with van der Waals surface area (Å²) in [5, 5.41) is 20.9. The Morgan fingerprint density at radius 2 is 1.85 bits per heavy atom. The fourth-order valence-electron chi connectivity index (χ4n) is 3.43.